The molecule has 3 aliphatic rings. The summed E-state index contributed by atoms with van der Waals surface area (Å²) >= 11 is 2.79. The van der Waals surface area contributed by atoms with Crippen LogP contribution in [0, 0.1) is 11.8 Å². The van der Waals surface area contributed by atoms with Crippen LogP contribution in [-0.4, -0.2) is 24.1 Å². The average molecular weight is 264 g/mol. The molecular formula is C13H12O2S2. The van der Waals surface area contributed by atoms with E-state index in [2.05, 4.69) is 12.2 Å². The van der Waals surface area contributed by atoms with Gasteiger partial charge in [0.2, 0.25) is 0 Å². The lowest BCUT2D eigenvalue weighted by Gasteiger charge is -2.22. The van der Waals surface area contributed by atoms with Crippen molar-refractivity contribution in [1.29, 1.82) is 0 Å². The number of Topliss-reactive ketones (excluding diaryl/α,β-unsaturated/α-hetero) is 2. The Morgan fingerprint density at radius 3 is 1.71 bits per heavy atom. The minimum Gasteiger partial charge on any atom is -0.288 e. The van der Waals surface area contributed by atoms with E-state index in [4.69, 9.17) is 0 Å². The van der Waals surface area contributed by atoms with Gasteiger partial charge in [0, 0.05) is 23.0 Å². The number of hydrogen-bond acceptors (Lipinski definition) is 4. The zero-order chi connectivity index (χ0) is 12.2. The lowest BCUT2D eigenvalue weighted by atomic mass is 9.87. The number of allylic oxidation sites excluding steroid dienone is 6. The number of carbonyl (C=O) groups excluding carboxylic acids is 2. The number of ketones is 2. The summed E-state index contributed by atoms with van der Waals surface area (Å²) in [5.41, 5.74) is 1.56. The monoisotopic (exact) mass is 264 g/mol. The molecule has 0 radical (unpaired) electrons. The Bertz CT molecular complexity index is 482. The Balaban J connectivity index is 2.14. The molecule has 0 spiro atoms. The fourth-order valence-electron chi connectivity index (χ4n) is 2.93. The SMILES string of the molecule is CSC1=C(SC)C(=O)C2=C(C1=O)C1C=CC2C1. The van der Waals surface area contributed by atoms with Crippen LogP contribution in [0.15, 0.2) is 33.1 Å². The van der Waals surface area contributed by atoms with E-state index >= 15 is 0 Å². The van der Waals surface area contributed by atoms with E-state index in [-0.39, 0.29) is 23.4 Å². The van der Waals surface area contributed by atoms with Crippen LogP contribution in [0.5, 0.6) is 0 Å². The number of rotatable bonds is 2. The van der Waals surface area contributed by atoms with Crippen molar-refractivity contribution in [3.05, 3.63) is 33.1 Å². The standard InChI is InChI=1S/C13H12O2S2/c1-16-12-10(14)8-6-3-4-7(5-6)9(8)11(15)13(12)17-2/h3-4,6-7H,5H2,1-2H3. The highest BCUT2D eigenvalue weighted by Crippen LogP contribution is 2.50. The Hall–Kier alpha value is -0.740. The van der Waals surface area contributed by atoms with E-state index in [9.17, 15) is 9.59 Å². The second-order valence-corrected chi connectivity index (χ2v) is 6.02. The minimum absolute atomic E-state index is 0.0910. The van der Waals surface area contributed by atoms with Gasteiger partial charge in [-0.3, -0.25) is 9.59 Å². The zero-order valence-corrected chi connectivity index (χ0v) is 11.3. The number of hydrogen-bond donors (Lipinski definition) is 0. The van der Waals surface area contributed by atoms with Gasteiger partial charge in [-0.25, -0.2) is 0 Å². The highest BCUT2D eigenvalue weighted by Gasteiger charge is 2.46. The lowest BCUT2D eigenvalue weighted by molar-refractivity contribution is -0.115. The highest BCUT2D eigenvalue weighted by atomic mass is 32.2. The number of fused-ring (bicyclic) bond motifs is 4. The van der Waals surface area contributed by atoms with Crippen molar-refractivity contribution in [2.45, 2.75) is 6.42 Å². The molecule has 0 amide bonds. The molecule has 0 aromatic carbocycles. The first kappa shape index (κ1) is 11.4. The molecule has 88 valence electrons. The molecule has 0 saturated carbocycles. The van der Waals surface area contributed by atoms with Crippen LogP contribution in [0.2, 0.25) is 0 Å². The van der Waals surface area contributed by atoms with Gasteiger partial charge in [-0.05, 0) is 18.9 Å². The van der Waals surface area contributed by atoms with Crippen molar-refractivity contribution in [2.24, 2.45) is 11.8 Å². The Morgan fingerprint density at radius 2 is 1.35 bits per heavy atom. The van der Waals surface area contributed by atoms with Gasteiger partial charge in [0.05, 0.1) is 9.81 Å². The molecule has 2 unspecified atom stereocenters. The van der Waals surface area contributed by atoms with E-state index in [1.54, 1.807) is 0 Å². The van der Waals surface area contributed by atoms with Crippen LogP contribution in [0.1, 0.15) is 6.42 Å². The van der Waals surface area contributed by atoms with Crippen molar-refractivity contribution in [3.63, 3.8) is 0 Å². The minimum atomic E-state index is 0.0910. The summed E-state index contributed by atoms with van der Waals surface area (Å²) in [4.78, 5) is 26.1. The third-order valence-electron chi connectivity index (χ3n) is 3.63. The van der Waals surface area contributed by atoms with E-state index in [0.29, 0.717) is 9.81 Å². The maximum Gasteiger partial charge on any atom is 0.197 e. The molecule has 4 heteroatoms. The summed E-state index contributed by atoms with van der Waals surface area (Å²) in [5.74, 6) is 0.565. The zero-order valence-electron chi connectivity index (χ0n) is 9.65. The molecular weight excluding hydrogens is 252 g/mol. The molecule has 0 saturated heterocycles. The largest absolute Gasteiger partial charge is 0.288 e. The maximum atomic E-state index is 12.4. The quantitative estimate of drug-likeness (QED) is 0.567. The second-order valence-electron chi connectivity index (χ2n) is 4.39. The molecule has 2 bridgehead atoms. The van der Waals surface area contributed by atoms with E-state index in [0.717, 1.165) is 17.6 Å². The molecule has 17 heavy (non-hydrogen) atoms. The first-order valence-electron chi connectivity index (χ1n) is 5.53. The summed E-state index contributed by atoms with van der Waals surface area (Å²) in [5, 5.41) is 0. The maximum absolute atomic E-state index is 12.4. The van der Waals surface area contributed by atoms with Crippen LogP contribution in [0.25, 0.3) is 0 Å². The molecule has 0 N–H and O–H groups in total. The van der Waals surface area contributed by atoms with Gasteiger partial charge in [0.1, 0.15) is 0 Å². The van der Waals surface area contributed by atoms with Gasteiger partial charge in [-0.15, -0.1) is 23.5 Å². The molecule has 2 atom stereocenters. The number of carbonyl (C=O) groups is 2. The summed E-state index contributed by atoms with van der Waals surface area (Å²) < 4.78 is 0. The van der Waals surface area contributed by atoms with E-state index in [1.807, 2.05) is 12.5 Å². The summed E-state index contributed by atoms with van der Waals surface area (Å²) in [6.45, 7) is 0. The van der Waals surface area contributed by atoms with Gasteiger partial charge < -0.3 is 0 Å². The molecule has 3 aliphatic carbocycles. The molecule has 0 aromatic rings. The van der Waals surface area contributed by atoms with Gasteiger partial charge in [-0.2, -0.15) is 0 Å². The predicted molar refractivity (Wildman–Crippen MR) is 71.8 cm³/mol. The van der Waals surface area contributed by atoms with Crippen LogP contribution in [0.3, 0.4) is 0 Å². The van der Waals surface area contributed by atoms with E-state index in [1.165, 1.54) is 23.5 Å². The van der Waals surface area contributed by atoms with Crippen molar-refractivity contribution in [2.75, 3.05) is 12.5 Å². The molecule has 0 heterocycles. The van der Waals surface area contributed by atoms with Gasteiger partial charge in [-0.1, -0.05) is 12.2 Å². The van der Waals surface area contributed by atoms with Crippen molar-refractivity contribution < 1.29 is 9.59 Å². The smallest absolute Gasteiger partial charge is 0.197 e. The van der Waals surface area contributed by atoms with Crippen LogP contribution < -0.4 is 0 Å². The highest BCUT2D eigenvalue weighted by molar-refractivity contribution is 8.07. The van der Waals surface area contributed by atoms with Crippen LogP contribution in [0.4, 0.5) is 0 Å². The van der Waals surface area contributed by atoms with E-state index < -0.39 is 0 Å². The van der Waals surface area contributed by atoms with Gasteiger partial charge >= 0.3 is 0 Å². The average Bonchev–Trinajstić information content (AvgIpc) is 2.93. The van der Waals surface area contributed by atoms with Crippen LogP contribution in [-0.2, 0) is 9.59 Å². The third kappa shape index (κ3) is 1.37. The van der Waals surface area contributed by atoms with Gasteiger partial charge in [0.25, 0.3) is 0 Å². The summed E-state index contributed by atoms with van der Waals surface area (Å²) in [7, 11) is 0. The van der Waals surface area contributed by atoms with Crippen molar-refractivity contribution in [1.82, 2.24) is 0 Å². The van der Waals surface area contributed by atoms with Crippen molar-refractivity contribution >= 4 is 35.1 Å². The second kappa shape index (κ2) is 3.89. The van der Waals surface area contributed by atoms with Crippen LogP contribution >= 0.6 is 23.5 Å². The fraction of sp³-hybridized carbons (Fsp3) is 0.385. The Labute approximate surface area is 109 Å². The molecule has 0 aromatic heterocycles. The van der Waals surface area contributed by atoms with Crippen molar-refractivity contribution in [3.8, 4) is 0 Å². The molecule has 3 rings (SSSR count). The Kier molecular flexibility index (Phi) is 2.60. The fourth-order valence-corrected chi connectivity index (χ4v) is 4.58. The molecule has 0 fully saturated rings. The summed E-state index contributed by atoms with van der Waals surface area (Å²) in [6, 6.07) is 0. The predicted octanol–water partition coefficient (Wildman–Crippen LogP) is 2.58. The number of thioether (sulfide) groups is 2. The molecule has 2 nitrogen and oxygen atoms in total. The lowest BCUT2D eigenvalue weighted by Crippen LogP contribution is -2.24. The normalized spacial score (nSPS) is 30.7. The molecule has 0 aliphatic heterocycles. The topological polar surface area (TPSA) is 34.1 Å². The first-order chi connectivity index (χ1) is 8.19. The first-order valence-corrected chi connectivity index (χ1v) is 7.98. The summed E-state index contributed by atoms with van der Waals surface area (Å²) in [6.07, 6.45) is 8.82. The third-order valence-corrected chi connectivity index (χ3v) is 5.36. The van der Waals surface area contributed by atoms with Gasteiger partial charge in [0.15, 0.2) is 11.6 Å². The Morgan fingerprint density at radius 1 is 0.941 bits per heavy atom.